The number of esters is 1. The molecule has 1 spiro atoms. The molecule has 4 aliphatic rings. The zero-order valence-electron chi connectivity index (χ0n) is 20.8. The lowest BCUT2D eigenvalue weighted by Gasteiger charge is -2.41. The zero-order chi connectivity index (χ0) is 24.4. The van der Waals surface area contributed by atoms with Gasteiger partial charge in [0.1, 0.15) is 5.75 Å². The molecule has 7 nitrogen and oxygen atoms in total. The van der Waals surface area contributed by atoms with Crippen molar-refractivity contribution in [1.82, 2.24) is 9.80 Å². The van der Waals surface area contributed by atoms with E-state index in [1.54, 1.807) is 0 Å². The van der Waals surface area contributed by atoms with Crippen LogP contribution in [0.2, 0.25) is 0 Å². The van der Waals surface area contributed by atoms with Gasteiger partial charge < -0.3 is 19.3 Å². The number of likely N-dealkylation sites (tertiary alicyclic amines) is 2. The molecular weight excluding hydrogens is 432 g/mol. The fraction of sp³-hybridized carbons (Fsp3) is 0.667. The van der Waals surface area contributed by atoms with Gasteiger partial charge in [-0.15, -0.1) is 0 Å². The monoisotopic (exact) mass is 468 g/mol. The van der Waals surface area contributed by atoms with Crippen molar-refractivity contribution in [2.45, 2.75) is 65.4 Å². The number of hydrogen-bond donors (Lipinski definition) is 0. The smallest absolute Gasteiger partial charge is 0.313 e. The Hall–Kier alpha value is -2.57. The molecule has 1 aromatic carbocycles. The van der Waals surface area contributed by atoms with Gasteiger partial charge in [-0.1, -0.05) is 13.8 Å². The Morgan fingerprint density at radius 1 is 0.941 bits per heavy atom. The number of nitrogens with zero attached hydrogens (tertiary/aromatic N) is 2. The molecular formula is C27H36N2O5. The standard InChI is InChI=1S/C27H36N2O5/c1-5-33-20-8-6-19(7-9-20)21(30)28-15-12-26(13-16-28)14-17-29(18-26)22(31)27-11-10-25(4,23(32)34-27)24(27,2)3/h6-9H,5,10-18H2,1-4H3. The van der Waals surface area contributed by atoms with Crippen LogP contribution >= 0.6 is 0 Å². The lowest BCUT2D eigenvalue weighted by Crippen LogP contribution is -2.55. The summed E-state index contributed by atoms with van der Waals surface area (Å²) in [5, 5.41) is 0. The number of fused-ring (bicyclic) bond motifs is 2. The van der Waals surface area contributed by atoms with E-state index in [1.807, 2.05) is 61.8 Å². The molecule has 0 radical (unpaired) electrons. The van der Waals surface area contributed by atoms with Crippen molar-refractivity contribution >= 4 is 17.8 Å². The third-order valence-electron chi connectivity index (χ3n) is 9.68. The highest BCUT2D eigenvalue weighted by atomic mass is 16.6. The number of carbonyl (C=O) groups excluding carboxylic acids is 3. The second-order valence-corrected chi connectivity index (χ2v) is 11.4. The number of amides is 2. The first-order valence-corrected chi connectivity index (χ1v) is 12.6. The van der Waals surface area contributed by atoms with E-state index < -0.39 is 16.4 Å². The van der Waals surface area contributed by atoms with E-state index in [1.165, 1.54) is 0 Å². The molecule has 3 aliphatic heterocycles. The highest BCUT2D eigenvalue weighted by Gasteiger charge is 2.76. The van der Waals surface area contributed by atoms with Crippen LogP contribution in [0, 0.1) is 16.2 Å². The van der Waals surface area contributed by atoms with Crippen LogP contribution in [0.3, 0.4) is 0 Å². The normalized spacial score (nSPS) is 31.1. The SMILES string of the molecule is CCOc1ccc(C(=O)N2CCC3(CC2)CCN(C(=O)C24CCC(C)(C(=O)O2)C4(C)C)C3)cc1. The molecule has 3 saturated heterocycles. The van der Waals surface area contributed by atoms with Crippen LogP contribution in [-0.4, -0.2) is 66.0 Å². The maximum atomic E-state index is 13.8. The Morgan fingerprint density at radius 2 is 1.56 bits per heavy atom. The number of rotatable bonds is 4. The summed E-state index contributed by atoms with van der Waals surface area (Å²) in [4.78, 5) is 43.3. The van der Waals surface area contributed by atoms with Gasteiger partial charge in [0.15, 0.2) is 5.60 Å². The summed E-state index contributed by atoms with van der Waals surface area (Å²) >= 11 is 0. The summed E-state index contributed by atoms with van der Waals surface area (Å²) in [5.41, 5.74) is -1.42. The first-order valence-electron chi connectivity index (χ1n) is 12.6. The molecule has 2 bridgehead atoms. The number of carbonyl (C=O) groups is 3. The van der Waals surface area contributed by atoms with Crippen molar-refractivity contribution in [2.75, 3.05) is 32.8 Å². The van der Waals surface area contributed by atoms with Gasteiger partial charge >= 0.3 is 5.97 Å². The Kier molecular flexibility index (Phi) is 5.26. The first-order chi connectivity index (χ1) is 16.1. The fourth-order valence-corrected chi connectivity index (χ4v) is 6.72. The lowest BCUT2D eigenvalue weighted by atomic mass is 9.66. The average molecular weight is 469 g/mol. The predicted octanol–water partition coefficient (Wildman–Crippen LogP) is 3.66. The van der Waals surface area contributed by atoms with Crippen molar-refractivity contribution in [1.29, 1.82) is 0 Å². The molecule has 2 unspecified atom stereocenters. The number of ether oxygens (including phenoxy) is 2. The van der Waals surface area contributed by atoms with E-state index in [9.17, 15) is 14.4 Å². The predicted molar refractivity (Wildman–Crippen MR) is 126 cm³/mol. The molecule has 3 heterocycles. The van der Waals surface area contributed by atoms with Crippen LogP contribution in [-0.2, 0) is 14.3 Å². The van der Waals surface area contributed by atoms with Gasteiger partial charge in [-0.25, -0.2) is 0 Å². The van der Waals surface area contributed by atoms with Crippen molar-refractivity contribution < 1.29 is 23.9 Å². The van der Waals surface area contributed by atoms with E-state index >= 15 is 0 Å². The Balaban J connectivity index is 1.22. The summed E-state index contributed by atoms with van der Waals surface area (Å²) in [6, 6.07) is 7.33. The minimum atomic E-state index is -1.03. The van der Waals surface area contributed by atoms with Crippen LogP contribution < -0.4 is 4.74 Å². The highest BCUT2D eigenvalue weighted by molar-refractivity contribution is 5.96. The summed E-state index contributed by atoms with van der Waals surface area (Å²) < 4.78 is 11.3. The maximum absolute atomic E-state index is 13.8. The van der Waals surface area contributed by atoms with Crippen LogP contribution in [0.15, 0.2) is 24.3 Å². The second-order valence-electron chi connectivity index (χ2n) is 11.4. The Labute approximate surface area is 201 Å². The maximum Gasteiger partial charge on any atom is 0.313 e. The van der Waals surface area contributed by atoms with E-state index in [0.29, 0.717) is 51.2 Å². The largest absolute Gasteiger partial charge is 0.494 e. The van der Waals surface area contributed by atoms with Gasteiger partial charge in [0.05, 0.1) is 12.0 Å². The summed E-state index contributed by atoms with van der Waals surface area (Å²) in [5.74, 6) is 0.571. The van der Waals surface area contributed by atoms with E-state index in [4.69, 9.17) is 9.47 Å². The van der Waals surface area contributed by atoms with Crippen molar-refractivity contribution in [3.05, 3.63) is 29.8 Å². The molecule has 7 heteroatoms. The van der Waals surface area contributed by atoms with Gasteiger partial charge in [-0.05, 0) is 75.6 Å². The molecule has 34 heavy (non-hydrogen) atoms. The summed E-state index contributed by atoms with van der Waals surface area (Å²) in [6.45, 7) is 11.3. The summed E-state index contributed by atoms with van der Waals surface area (Å²) in [7, 11) is 0. The van der Waals surface area contributed by atoms with E-state index in [-0.39, 0.29) is 23.2 Å². The first kappa shape index (κ1) is 23.2. The average Bonchev–Trinajstić information content (AvgIpc) is 3.37. The van der Waals surface area contributed by atoms with E-state index in [0.717, 1.165) is 25.0 Å². The van der Waals surface area contributed by atoms with Crippen molar-refractivity contribution in [3.8, 4) is 5.75 Å². The molecule has 4 fully saturated rings. The van der Waals surface area contributed by atoms with Crippen LogP contribution in [0.25, 0.3) is 0 Å². The van der Waals surface area contributed by atoms with Crippen molar-refractivity contribution in [2.24, 2.45) is 16.2 Å². The minimum Gasteiger partial charge on any atom is -0.494 e. The van der Waals surface area contributed by atoms with Gasteiger partial charge in [0, 0.05) is 37.2 Å². The van der Waals surface area contributed by atoms with Gasteiger partial charge in [0.25, 0.3) is 11.8 Å². The van der Waals surface area contributed by atoms with Gasteiger partial charge in [-0.2, -0.15) is 0 Å². The van der Waals surface area contributed by atoms with Crippen LogP contribution in [0.5, 0.6) is 5.75 Å². The molecule has 2 atom stereocenters. The second kappa shape index (κ2) is 7.72. The lowest BCUT2D eigenvalue weighted by molar-refractivity contribution is -0.173. The number of benzene rings is 1. The zero-order valence-corrected chi connectivity index (χ0v) is 20.8. The van der Waals surface area contributed by atoms with Crippen LogP contribution in [0.1, 0.15) is 70.2 Å². The minimum absolute atomic E-state index is 0.0168. The van der Waals surface area contributed by atoms with Gasteiger partial charge in [-0.3, -0.25) is 14.4 Å². The van der Waals surface area contributed by atoms with Crippen molar-refractivity contribution in [3.63, 3.8) is 0 Å². The van der Waals surface area contributed by atoms with Crippen LogP contribution in [0.4, 0.5) is 0 Å². The molecule has 2 amide bonds. The molecule has 1 aliphatic carbocycles. The summed E-state index contributed by atoms with van der Waals surface area (Å²) in [6.07, 6.45) is 4.01. The third-order valence-corrected chi connectivity index (χ3v) is 9.68. The molecule has 0 aromatic heterocycles. The highest BCUT2D eigenvalue weighted by Crippen LogP contribution is 2.66. The number of hydrogen-bond acceptors (Lipinski definition) is 5. The molecule has 184 valence electrons. The quantitative estimate of drug-likeness (QED) is 0.631. The van der Waals surface area contributed by atoms with Gasteiger partial charge in [0.2, 0.25) is 0 Å². The Morgan fingerprint density at radius 3 is 2.09 bits per heavy atom. The molecule has 5 rings (SSSR count). The third kappa shape index (κ3) is 3.11. The van der Waals surface area contributed by atoms with E-state index in [2.05, 4.69) is 0 Å². The fourth-order valence-electron chi connectivity index (χ4n) is 6.72. The Bertz CT molecular complexity index is 1010. The molecule has 0 N–H and O–H groups in total. The topological polar surface area (TPSA) is 76.2 Å². The molecule has 1 aromatic rings. The molecule has 1 saturated carbocycles. The number of piperidine rings is 1.